The number of para-hydroxylation sites is 1. The first-order valence-corrected chi connectivity index (χ1v) is 9.68. The number of rotatable bonds is 7. The largest absolute Gasteiger partial charge is 0.361 e. The Labute approximate surface area is 162 Å². The molecule has 0 bridgehead atoms. The van der Waals surface area contributed by atoms with Crippen LogP contribution in [0.5, 0.6) is 0 Å². The maximum atomic E-state index is 12.4. The zero-order valence-corrected chi connectivity index (χ0v) is 16.9. The molecule has 2 N–H and O–H groups in total. The Kier molecular flexibility index (Phi) is 8.28. The number of benzene rings is 1. The molecule has 0 radical (unpaired) electrons. The van der Waals surface area contributed by atoms with Crippen molar-refractivity contribution in [2.24, 2.45) is 0 Å². The van der Waals surface area contributed by atoms with Crippen LogP contribution in [0.4, 0.5) is 5.69 Å². The van der Waals surface area contributed by atoms with Crippen LogP contribution in [0.15, 0.2) is 24.3 Å². The van der Waals surface area contributed by atoms with Crippen molar-refractivity contribution < 1.29 is 4.79 Å². The van der Waals surface area contributed by atoms with Crippen molar-refractivity contribution in [1.29, 1.82) is 0 Å². The highest BCUT2D eigenvalue weighted by atomic mass is 32.1. The Balaban J connectivity index is 1.72. The Morgan fingerprint density at radius 3 is 2.54 bits per heavy atom. The number of anilines is 1. The van der Waals surface area contributed by atoms with Crippen molar-refractivity contribution in [2.75, 3.05) is 65.2 Å². The molecule has 0 aromatic heterocycles. The molecule has 1 fully saturated rings. The summed E-state index contributed by atoms with van der Waals surface area (Å²) in [4.78, 5) is 18.9. The van der Waals surface area contributed by atoms with E-state index in [-0.39, 0.29) is 5.91 Å². The maximum absolute atomic E-state index is 12.4. The molecule has 0 spiro atoms. The first kappa shape index (κ1) is 20.6. The predicted octanol–water partition coefficient (Wildman–Crippen LogP) is 1.24. The molecule has 2 rings (SSSR count). The molecule has 0 saturated carbocycles. The molecule has 0 atom stereocenters. The molecule has 0 aliphatic carbocycles. The van der Waals surface area contributed by atoms with E-state index in [2.05, 4.69) is 38.3 Å². The Bertz CT molecular complexity index is 599. The van der Waals surface area contributed by atoms with Crippen LogP contribution < -0.4 is 10.6 Å². The summed E-state index contributed by atoms with van der Waals surface area (Å²) in [6.07, 6.45) is 0.910. The van der Waals surface area contributed by atoms with Gasteiger partial charge < -0.3 is 20.4 Å². The zero-order chi connectivity index (χ0) is 18.9. The molecule has 1 aliphatic rings. The van der Waals surface area contributed by atoms with Crippen molar-refractivity contribution in [3.05, 3.63) is 29.8 Å². The van der Waals surface area contributed by atoms with Crippen LogP contribution in [0.1, 0.15) is 12.5 Å². The quantitative estimate of drug-likeness (QED) is 0.698. The van der Waals surface area contributed by atoms with Crippen LogP contribution in [0.25, 0.3) is 0 Å². The number of likely N-dealkylation sites (N-methyl/N-ethyl adjacent to an activating group) is 1. The normalized spacial score (nSPS) is 15.2. The minimum atomic E-state index is 0.0473. The first-order chi connectivity index (χ1) is 12.5. The Hall–Kier alpha value is -1.70. The Morgan fingerprint density at radius 1 is 1.19 bits per heavy atom. The molecule has 1 amide bonds. The second kappa shape index (κ2) is 10.4. The number of carbonyl (C=O) groups is 1. The molecule has 1 aliphatic heterocycles. The van der Waals surface area contributed by atoms with Gasteiger partial charge in [0.1, 0.15) is 0 Å². The molecule has 1 saturated heterocycles. The predicted molar refractivity (Wildman–Crippen MR) is 112 cm³/mol. The van der Waals surface area contributed by atoms with E-state index in [1.807, 2.05) is 32.3 Å². The highest BCUT2D eigenvalue weighted by molar-refractivity contribution is 7.80. The maximum Gasteiger partial charge on any atom is 0.238 e. The number of nitrogens with zero attached hydrogens (tertiary/aromatic N) is 3. The summed E-state index contributed by atoms with van der Waals surface area (Å²) in [5.74, 6) is 0.0473. The third kappa shape index (κ3) is 6.55. The molecule has 1 heterocycles. The van der Waals surface area contributed by atoms with Gasteiger partial charge in [0.25, 0.3) is 0 Å². The fourth-order valence-corrected chi connectivity index (χ4v) is 3.24. The Morgan fingerprint density at radius 2 is 1.88 bits per heavy atom. The van der Waals surface area contributed by atoms with Crippen LogP contribution in [0.3, 0.4) is 0 Å². The smallest absolute Gasteiger partial charge is 0.238 e. The minimum absolute atomic E-state index is 0.0473. The monoisotopic (exact) mass is 377 g/mol. The molecular formula is C19H31N5OS. The number of thiocarbonyl (C=S) groups is 1. The van der Waals surface area contributed by atoms with Gasteiger partial charge in [-0.15, -0.1) is 0 Å². The lowest BCUT2D eigenvalue weighted by atomic mass is 10.1. The van der Waals surface area contributed by atoms with Gasteiger partial charge in [-0.1, -0.05) is 25.1 Å². The van der Waals surface area contributed by atoms with Gasteiger partial charge in [-0.2, -0.15) is 0 Å². The molecular weight excluding hydrogens is 346 g/mol. The molecule has 1 aromatic carbocycles. The number of aryl methyl sites for hydroxylation is 1. The SMILES string of the molecule is CCc1ccccc1NC(=O)CN1CCN(C(=S)NCCN(C)C)CC1. The first-order valence-electron chi connectivity index (χ1n) is 9.27. The van der Waals surface area contributed by atoms with Crippen LogP contribution in [-0.2, 0) is 11.2 Å². The number of hydrogen-bond donors (Lipinski definition) is 2. The van der Waals surface area contributed by atoms with Crippen molar-refractivity contribution in [3.8, 4) is 0 Å². The average molecular weight is 378 g/mol. The molecule has 144 valence electrons. The van der Waals surface area contributed by atoms with E-state index in [9.17, 15) is 4.79 Å². The van der Waals surface area contributed by atoms with E-state index in [4.69, 9.17) is 12.2 Å². The fourth-order valence-electron chi connectivity index (χ4n) is 2.95. The zero-order valence-electron chi connectivity index (χ0n) is 16.1. The number of hydrogen-bond acceptors (Lipinski definition) is 4. The van der Waals surface area contributed by atoms with Crippen molar-refractivity contribution >= 4 is 28.9 Å². The van der Waals surface area contributed by atoms with Gasteiger partial charge in [0.05, 0.1) is 6.54 Å². The molecule has 0 unspecified atom stereocenters. The number of piperazine rings is 1. The molecule has 6 nitrogen and oxygen atoms in total. The second-order valence-corrected chi connectivity index (χ2v) is 7.24. The van der Waals surface area contributed by atoms with Crippen molar-refractivity contribution in [3.63, 3.8) is 0 Å². The van der Waals surface area contributed by atoms with Gasteiger partial charge in [-0.3, -0.25) is 9.69 Å². The molecule has 1 aromatic rings. The lowest BCUT2D eigenvalue weighted by Gasteiger charge is -2.36. The van der Waals surface area contributed by atoms with Gasteiger partial charge in [0.2, 0.25) is 5.91 Å². The van der Waals surface area contributed by atoms with Gasteiger partial charge in [0, 0.05) is 45.0 Å². The fraction of sp³-hybridized carbons (Fsp3) is 0.579. The van der Waals surface area contributed by atoms with E-state index in [1.54, 1.807) is 0 Å². The lowest BCUT2D eigenvalue weighted by Crippen LogP contribution is -2.53. The summed E-state index contributed by atoms with van der Waals surface area (Å²) in [5.41, 5.74) is 2.09. The van der Waals surface area contributed by atoms with Gasteiger partial charge in [-0.25, -0.2) is 0 Å². The third-order valence-electron chi connectivity index (χ3n) is 4.53. The highest BCUT2D eigenvalue weighted by Crippen LogP contribution is 2.15. The summed E-state index contributed by atoms with van der Waals surface area (Å²) in [6.45, 7) is 7.73. The van der Waals surface area contributed by atoms with Crippen molar-refractivity contribution in [2.45, 2.75) is 13.3 Å². The summed E-state index contributed by atoms with van der Waals surface area (Å²) in [6, 6.07) is 7.98. The second-order valence-electron chi connectivity index (χ2n) is 6.86. The van der Waals surface area contributed by atoms with E-state index in [1.165, 1.54) is 5.56 Å². The van der Waals surface area contributed by atoms with Crippen LogP contribution in [-0.4, -0.2) is 85.6 Å². The topological polar surface area (TPSA) is 50.9 Å². The number of nitrogens with one attached hydrogen (secondary N) is 2. The van der Waals surface area contributed by atoms with Crippen molar-refractivity contribution in [1.82, 2.24) is 20.0 Å². The summed E-state index contributed by atoms with van der Waals surface area (Å²) in [5, 5.41) is 7.16. The van der Waals surface area contributed by atoms with E-state index in [0.717, 1.165) is 56.5 Å². The summed E-state index contributed by atoms with van der Waals surface area (Å²) >= 11 is 5.47. The highest BCUT2D eigenvalue weighted by Gasteiger charge is 2.20. The van der Waals surface area contributed by atoms with Gasteiger partial charge >= 0.3 is 0 Å². The lowest BCUT2D eigenvalue weighted by molar-refractivity contribution is -0.117. The van der Waals surface area contributed by atoms with E-state index in [0.29, 0.717) is 6.54 Å². The summed E-state index contributed by atoms with van der Waals surface area (Å²) < 4.78 is 0. The van der Waals surface area contributed by atoms with Crippen LogP contribution >= 0.6 is 12.2 Å². The average Bonchev–Trinajstić information content (AvgIpc) is 2.62. The van der Waals surface area contributed by atoms with Gasteiger partial charge in [-0.05, 0) is 44.4 Å². The number of amides is 1. The number of carbonyl (C=O) groups excluding carboxylic acids is 1. The standard InChI is InChI=1S/C19H31N5OS/c1-4-16-7-5-6-8-17(16)21-18(25)15-23-11-13-24(14-12-23)19(26)20-9-10-22(2)3/h5-8H,4,9-15H2,1-3H3,(H,20,26)(H,21,25). The van der Waals surface area contributed by atoms with E-state index >= 15 is 0 Å². The van der Waals surface area contributed by atoms with E-state index < -0.39 is 0 Å². The molecule has 7 heteroatoms. The summed E-state index contributed by atoms with van der Waals surface area (Å²) in [7, 11) is 4.10. The van der Waals surface area contributed by atoms with Crippen LogP contribution in [0, 0.1) is 0 Å². The molecule has 26 heavy (non-hydrogen) atoms. The van der Waals surface area contributed by atoms with Crippen LogP contribution in [0.2, 0.25) is 0 Å². The third-order valence-corrected chi connectivity index (χ3v) is 4.94. The van der Waals surface area contributed by atoms with Gasteiger partial charge in [0.15, 0.2) is 5.11 Å². The minimum Gasteiger partial charge on any atom is -0.361 e.